The van der Waals surface area contributed by atoms with E-state index in [1.807, 2.05) is 91.0 Å². The number of aliphatic hydroxyl groups excluding tert-OH is 1. The Hall–Kier alpha value is -3.70. The third-order valence-electron chi connectivity index (χ3n) is 4.94. The average molecular weight is 397 g/mol. The Balaban J connectivity index is 1.76. The molecule has 1 aromatic heterocycles. The summed E-state index contributed by atoms with van der Waals surface area (Å²) in [4.78, 5) is 13.1. The predicted octanol–water partition coefficient (Wildman–Crippen LogP) is 4.06. The van der Waals surface area contributed by atoms with E-state index in [1.165, 1.54) is 4.68 Å². The van der Waals surface area contributed by atoms with E-state index in [4.69, 9.17) is 0 Å². The minimum Gasteiger partial charge on any atom is -0.392 e. The fraction of sp³-hybridized carbons (Fsp3) is 0.120. The number of aromatic nitrogens is 2. The normalized spacial score (nSPS) is 10.7. The fourth-order valence-electron chi connectivity index (χ4n) is 3.38. The average Bonchev–Trinajstić information content (AvgIpc) is 2.81. The Labute approximate surface area is 175 Å². The first kappa shape index (κ1) is 19.6. The zero-order chi connectivity index (χ0) is 20.8. The van der Waals surface area contributed by atoms with Crippen LogP contribution in [0.4, 0.5) is 5.69 Å². The zero-order valence-corrected chi connectivity index (χ0v) is 16.5. The summed E-state index contributed by atoms with van der Waals surface area (Å²) in [6.45, 7) is 0.675. The molecule has 0 aliphatic rings. The van der Waals surface area contributed by atoms with Crippen molar-refractivity contribution in [1.29, 1.82) is 0 Å². The van der Waals surface area contributed by atoms with Crippen LogP contribution in [0.15, 0.2) is 95.8 Å². The van der Waals surface area contributed by atoms with Crippen molar-refractivity contribution in [2.24, 2.45) is 0 Å². The Morgan fingerprint density at radius 2 is 1.50 bits per heavy atom. The van der Waals surface area contributed by atoms with Crippen LogP contribution in [0.3, 0.4) is 0 Å². The predicted molar refractivity (Wildman–Crippen MR) is 119 cm³/mol. The van der Waals surface area contributed by atoms with Crippen molar-refractivity contribution in [3.63, 3.8) is 0 Å². The number of hydrogen-bond donors (Lipinski definition) is 2. The molecule has 0 fully saturated rings. The van der Waals surface area contributed by atoms with Crippen LogP contribution in [0.1, 0.15) is 16.7 Å². The summed E-state index contributed by atoms with van der Waals surface area (Å²) in [6, 6.07) is 29.0. The molecule has 0 radical (unpaired) electrons. The maximum atomic E-state index is 13.1. The number of nitrogens with one attached hydrogen (secondary N) is 1. The van der Waals surface area contributed by atoms with Gasteiger partial charge in [-0.25, -0.2) is 4.68 Å². The molecule has 5 nitrogen and oxygen atoms in total. The molecule has 0 saturated carbocycles. The van der Waals surface area contributed by atoms with Crippen LogP contribution < -0.4 is 10.9 Å². The molecule has 0 saturated heterocycles. The van der Waals surface area contributed by atoms with Gasteiger partial charge in [0.25, 0.3) is 5.56 Å². The summed E-state index contributed by atoms with van der Waals surface area (Å²) in [7, 11) is 0. The minimum atomic E-state index is -0.132. The van der Waals surface area contributed by atoms with E-state index in [2.05, 4.69) is 10.4 Å². The third kappa shape index (κ3) is 4.47. The number of anilines is 1. The van der Waals surface area contributed by atoms with E-state index < -0.39 is 0 Å². The first-order chi connectivity index (χ1) is 14.7. The maximum absolute atomic E-state index is 13.1. The van der Waals surface area contributed by atoms with Crippen LogP contribution in [0.2, 0.25) is 0 Å². The van der Waals surface area contributed by atoms with E-state index in [1.54, 1.807) is 0 Å². The Morgan fingerprint density at radius 1 is 0.833 bits per heavy atom. The molecule has 4 rings (SSSR count). The van der Waals surface area contributed by atoms with Crippen molar-refractivity contribution < 1.29 is 5.11 Å². The molecule has 0 atom stereocenters. The van der Waals surface area contributed by atoms with Crippen molar-refractivity contribution in [2.45, 2.75) is 19.7 Å². The quantitative estimate of drug-likeness (QED) is 0.493. The van der Waals surface area contributed by atoms with Crippen LogP contribution >= 0.6 is 0 Å². The molecule has 3 aromatic carbocycles. The SMILES string of the molecule is O=c1c(CNc2ccccc2)cc(-c2ccccc2CO)nn1Cc1ccccc1. The van der Waals surface area contributed by atoms with Crippen LogP contribution in [0, 0.1) is 0 Å². The van der Waals surface area contributed by atoms with Gasteiger partial charge in [-0.3, -0.25) is 4.79 Å². The van der Waals surface area contributed by atoms with Gasteiger partial charge < -0.3 is 10.4 Å². The van der Waals surface area contributed by atoms with Crippen molar-refractivity contribution in [1.82, 2.24) is 9.78 Å². The summed E-state index contributed by atoms with van der Waals surface area (Å²) in [5.41, 5.74) is 4.70. The maximum Gasteiger partial charge on any atom is 0.272 e. The van der Waals surface area contributed by atoms with Gasteiger partial charge >= 0.3 is 0 Å². The molecule has 0 aliphatic carbocycles. The number of benzene rings is 3. The molecule has 30 heavy (non-hydrogen) atoms. The van der Waals surface area contributed by atoms with E-state index >= 15 is 0 Å². The Kier molecular flexibility index (Phi) is 6.01. The Morgan fingerprint density at radius 3 is 2.23 bits per heavy atom. The molecule has 0 unspecified atom stereocenters. The number of rotatable bonds is 7. The van der Waals surface area contributed by atoms with Gasteiger partial charge in [-0.1, -0.05) is 72.8 Å². The number of hydrogen-bond acceptors (Lipinski definition) is 4. The highest BCUT2D eigenvalue weighted by atomic mass is 16.3. The molecule has 0 aliphatic heterocycles. The molecule has 4 aromatic rings. The van der Waals surface area contributed by atoms with Gasteiger partial charge in [0.15, 0.2) is 0 Å². The summed E-state index contributed by atoms with van der Waals surface area (Å²) in [6.07, 6.45) is 0. The summed E-state index contributed by atoms with van der Waals surface area (Å²) >= 11 is 0. The second-order valence-corrected chi connectivity index (χ2v) is 7.04. The van der Waals surface area contributed by atoms with Gasteiger partial charge in [0, 0.05) is 23.4 Å². The van der Waals surface area contributed by atoms with E-state index in [-0.39, 0.29) is 12.2 Å². The largest absolute Gasteiger partial charge is 0.392 e. The Bertz CT molecular complexity index is 1170. The molecular formula is C25H23N3O2. The second kappa shape index (κ2) is 9.20. The van der Waals surface area contributed by atoms with Crippen molar-refractivity contribution in [2.75, 3.05) is 5.32 Å². The number of aliphatic hydroxyl groups is 1. The minimum absolute atomic E-state index is 0.0900. The highest BCUT2D eigenvalue weighted by Gasteiger charge is 2.13. The smallest absolute Gasteiger partial charge is 0.272 e. The first-order valence-corrected chi connectivity index (χ1v) is 9.87. The van der Waals surface area contributed by atoms with Crippen molar-refractivity contribution in [3.8, 4) is 11.3 Å². The number of nitrogens with zero attached hydrogens (tertiary/aromatic N) is 2. The van der Waals surface area contributed by atoms with Gasteiger partial charge in [-0.05, 0) is 29.3 Å². The standard InChI is InChI=1S/C25H23N3O2/c29-18-20-11-7-8-14-23(20)24-15-21(16-26-22-12-5-2-6-13-22)25(30)28(27-24)17-19-9-3-1-4-10-19/h1-15,26,29H,16-18H2. The summed E-state index contributed by atoms with van der Waals surface area (Å²) < 4.78 is 1.50. The molecule has 0 spiro atoms. The monoisotopic (exact) mass is 397 g/mol. The lowest BCUT2D eigenvalue weighted by Crippen LogP contribution is -2.28. The van der Waals surface area contributed by atoms with Crippen LogP contribution in [0.25, 0.3) is 11.3 Å². The lowest BCUT2D eigenvalue weighted by Gasteiger charge is -2.14. The molecule has 0 amide bonds. The van der Waals surface area contributed by atoms with Gasteiger partial charge in [-0.2, -0.15) is 5.10 Å². The fourth-order valence-corrected chi connectivity index (χ4v) is 3.38. The third-order valence-corrected chi connectivity index (χ3v) is 4.94. The molecule has 1 heterocycles. The first-order valence-electron chi connectivity index (χ1n) is 9.87. The van der Waals surface area contributed by atoms with E-state index in [0.717, 1.165) is 22.4 Å². The molecular weight excluding hydrogens is 374 g/mol. The van der Waals surface area contributed by atoms with Crippen LogP contribution in [0.5, 0.6) is 0 Å². The second-order valence-electron chi connectivity index (χ2n) is 7.04. The van der Waals surface area contributed by atoms with Crippen LogP contribution in [-0.4, -0.2) is 14.9 Å². The molecule has 5 heteroatoms. The van der Waals surface area contributed by atoms with Crippen molar-refractivity contribution >= 4 is 5.69 Å². The van der Waals surface area contributed by atoms with Gasteiger partial charge in [-0.15, -0.1) is 0 Å². The van der Waals surface area contributed by atoms with Gasteiger partial charge in [0.1, 0.15) is 0 Å². The zero-order valence-electron chi connectivity index (χ0n) is 16.5. The van der Waals surface area contributed by atoms with Gasteiger partial charge in [0.05, 0.1) is 18.8 Å². The van der Waals surface area contributed by atoms with Gasteiger partial charge in [0.2, 0.25) is 0 Å². The summed E-state index contributed by atoms with van der Waals surface area (Å²) in [5, 5.41) is 17.7. The summed E-state index contributed by atoms with van der Waals surface area (Å²) in [5.74, 6) is 0. The van der Waals surface area contributed by atoms with E-state index in [9.17, 15) is 9.90 Å². The number of para-hydroxylation sites is 1. The highest BCUT2D eigenvalue weighted by Crippen LogP contribution is 2.22. The lowest BCUT2D eigenvalue weighted by molar-refractivity contribution is 0.282. The van der Waals surface area contributed by atoms with Crippen molar-refractivity contribution in [3.05, 3.63) is 118 Å². The molecule has 0 bridgehead atoms. The molecule has 150 valence electrons. The lowest BCUT2D eigenvalue weighted by atomic mass is 10.0. The van der Waals surface area contributed by atoms with Crippen LogP contribution in [-0.2, 0) is 19.7 Å². The highest BCUT2D eigenvalue weighted by molar-refractivity contribution is 5.63. The van der Waals surface area contributed by atoms with E-state index in [0.29, 0.717) is 24.3 Å². The molecule has 2 N–H and O–H groups in total. The topological polar surface area (TPSA) is 67.2 Å².